The SMILES string of the molecule is O=C(Cn1ccc2ccccc21)N(Cc1cnc2ccccn12)c1ccccc1. The first kappa shape index (κ1) is 17.3. The predicted octanol–water partition coefficient (Wildman–Crippen LogP) is 4.52. The Labute approximate surface area is 168 Å². The Hall–Kier alpha value is -3.86. The first-order chi connectivity index (χ1) is 14.3. The Bertz CT molecular complexity index is 1290. The number of para-hydroxylation sites is 2. The number of anilines is 1. The quantitative estimate of drug-likeness (QED) is 0.450. The normalized spacial score (nSPS) is 11.2. The molecule has 3 heterocycles. The maximum absolute atomic E-state index is 13.4. The van der Waals surface area contributed by atoms with Gasteiger partial charge in [-0.1, -0.05) is 42.5 Å². The van der Waals surface area contributed by atoms with E-state index in [0.29, 0.717) is 6.54 Å². The van der Waals surface area contributed by atoms with Gasteiger partial charge in [-0.05, 0) is 41.8 Å². The van der Waals surface area contributed by atoms with Crippen LogP contribution >= 0.6 is 0 Å². The fraction of sp³-hybridized carbons (Fsp3) is 0.0833. The molecular weight excluding hydrogens is 360 g/mol. The highest BCUT2D eigenvalue weighted by Crippen LogP contribution is 2.20. The molecule has 5 nitrogen and oxygen atoms in total. The van der Waals surface area contributed by atoms with Crippen LogP contribution in [0.3, 0.4) is 0 Å². The lowest BCUT2D eigenvalue weighted by Crippen LogP contribution is -2.33. The Kier molecular flexibility index (Phi) is 4.33. The zero-order valence-electron chi connectivity index (χ0n) is 15.8. The summed E-state index contributed by atoms with van der Waals surface area (Å²) < 4.78 is 4.02. The van der Waals surface area contributed by atoms with Crippen LogP contribution in [-0.4, -0.2) is 19.9 Å². The number of rotatable bonds is 5. The number of imidazole rings is 1. The third kappa shape index (κ3) is 3.27. The molecule has 0 aliphatic heterocycles. The van der Waals surface area contributed by atoms with E-state index in [1.54, 1.807) is 0 Å². The van der Waals surface area contributed by atoms with Crippen LogP contribution in [-0.2, 0) is 17.9 Å². The van der Waals surface area contributed by atoms with Gasteiger partial charge in [0.25, 0.3) is 0 Å². The van der Waals surface area contributed by atoms with E-state index in [-0.39, 0.29) is 12.5 Å². The van der Waals surface area contributed by atoms with E-state index in [2.05, 4.69) is 11.1 Å². The average Bonchev–Trinajstić information content (AvgIpc) is 3.37. The van der Waals surface area contributed by atoms with Crippen LogP contribution in [0.15, 0.2) is 97.5 Å². The molecule has 5 rings (SSSR count). The van der Waals surface area contributed by atoms with Crippen molar-refractivity contribution in [2.24, 2.45) is 0 Å². The van der Waals surface area contributed by atoms with Gasteiger partial charge in [-0.2, -0.15) is 0 Å². The Morgan fingerprint density at radius 3 is 2.55 bits per heavy atom. The summed E-state index contributed by atoms with van der Waals surface area (Å²) in [6.45, 7) is 0.729. The van der Waals surface area contributed by atoms with Crippen molar-refractivity contribution in [2.75, 3.05) is 4.90 Å². The first-order valence-corrected chi connectivity index (χ1v) is 9.60. The molecule has 5 heteroatoms. The molecule has 29 heavy (non-hydrogen) atoms. The van der Waals surface area contributed by atoms with Gasteiger partial charge in [0.05, 0.1) is 18.4 Å². The molecule has 2 aromatic carbocycles. The molecule has 0 radical (unpaired) electrons. The third-order valence-electron chi connectivity index (χ3n) is 5.17. The fourth-order valence-corrected chi connectivity index (χ4v) is 3.70. The minimum Gasteiger partial charge on any atom is -0.338 e. The van der Waals surface area contributed by atoms with Crippen molar-refractivity contribution in [1.82, 2.24) is 14.0 Å². The highest BCUT2D eigenvalue weighted by Gasteiger charge is 2.19. The molecule has 0 aliphatic carbocycles. The summed E-state index contributed by atoms with van der Waals surface area (Å²) in [5, 5.41) is 1.13. The molecule has 0 fully saturated rings. The number of pyridine rings is 1. The van der Waals surface area contributed by atoms with E-state index >= 15 is 0 Å². The molecule has 0 saturated carbocycles. The van der Waals surface area contributed by atoms with Crippen LogP contribution < -0.4 is 4.90 Å². The predicted molar refractivity (Wildman–Crippen MR) is 115 cm³/mol. The topological polar surface area (TPSA) is 42.5 Å². The molecule has 0 aliphatic rings. The lowest BCUT2D eigenvalue weighted by atomic mass is 10.2. The van der Waals surface area contributed by atoms with E-state index in [0.717, 1.165) is 27.9 Å². The van der Waals surface area contributed by atoms with Gasteiger partial charge in [0.15, 0.2) is 0 Å². The summed E-state index contributed by atoms with van der Waals surface area (Å²) in [4.78, 5) is 19.7. The second-order valence-electron chi connectivity index (χ2n) is 7.00. The van der Waals surface area contributed by atoms with Crippen molar-refractivity contribution in [3.8, 4) is 0 Å². The summed E-state index contributed by atoms with van der Waals surface area (Å²) in [7, 11) is 0. The number of aromatic nitrogens is 3. The lowest BCUT2D eigenvalue weighted by Gasteiger charge is -2.23. The maximum atomic E-state index is 13.4. The van der Waals surface area contributed by atoms with Crippen molar-refractivity contribution in [3.63, 3.8) is 0 Å². The van der Waals surface area contributed by atoms with Crippen LogP contribution in [0.4, 0.5) is 5.69 Å². The Morgan fingerprint density at radius 1 is 0.862 bits per heavy atom. The molecule has 5 aromatic rings. The van der Waals surface area contributed by atoms with Crippen LogP contribution in [0.5, 0.6) is 0 Å². The number of fused-ring (bicyclic) bond motifs is 2. The number of carbonyl (C=O) groups excluding carboxylic acids is 1. The van der Waals surface area contributed by atoms with E-state index in [1.165, 1.54) is 0 Å². The summed E-state index contributed by atoms with van der Waals surface area (Å²) in [6.07, 6.45) is 5.79. The highest BCUT2D eigenvalue weighted by atomic mass is 16.2. The van der Waals surface area contributed by atoms with Gasteiger partial charge in [-0.25, -0.2) is 4.98 Å². The molecular formula is C24H20N4O. The van der Waals surface area contributed by atoms with Crippen molar-refractivity contribution >= 4 is 28.1 Å². The number of benzene rings is 2. The van der Waals surface area contributed by atoms with Crippen molar-refractivity contribution in [3.05, 3.63) is 103 Å². The average molecular weight is 380 g/mol. The Balaban J connectivity index is 1.49. The molecule has 142 valence electrons. The van der Waals surface area contributed by atoms with Crippen molar-refractivity contribution < 1.29 is 4.79 Å². The largest absolute Gasteiger partial charge is 0.338 e. The zero-order valence-corrected chi connectivity index (χ0v) is 15.8. The van der Waals surface area contributed by atoms with E-state index in [1.807, 2.05) is 105 Å². The van der Waals surface area contributed by atoms with Gasteiger partial charge in [0.2, 0.25) is 5.91 Å². The first-order valence-electron chi connectivity index (χ1n) is 9.60. The molecule has 3 aromatic heterocycles. The smallest absolute Gasteiger partial charge is 0.247 e. The van der Waals surface area contributed by atoms with Crippen LogP contribution in [0, 0.1) is 0 Å². The van der Waals surface area contributed by atoms with Gasteiger partial charge < -0.3 is 13.9 Å². The molecule has 0 bridgehead atoms. The number of hydrogen-bond acceptors (Lipinski definition) is 2. The number of amides is 1. The summed E-state index contributed by atoms with van der Waals surface area (Å²) >= 11 is 0. The molecule has 1 amide bonds. The number of hydrogen-bond donors (Lipinski definition) is 0. The monoisotopic (exact) mass is 380 g/mol. The second-order valence-corrected chi connectivity index (χ2v) is 7.00. The molecule has 0 saturated heterocycles. The summed E-state index contributed by atoms with van der Waals surface area (Å²) in [6, 6.07) is 25.8. The number of nitrogens with zero attached hydrogens (tertiary/aromatic N) is 4. The van der Waals surface area contributed by atoms with Gasteiger partial charge >= 0.3 is 0 Å². The van der Waals surface area contributed by atoms with Gasteiger partial charge in [-0.3, -0.25) is 4.79 Å². The van der Waals surface area contributed by atoms with Crippen molar-refractivity contribution in [2.45, 2.75) is 13.1 Å². The summed E-state index contributed by atoms with van der Waals surface area (Å²) in [5.41, 5.74) is 3.78. The van der Waals surface area contributed by atoms with Gasteiger partial charge in [0, 0.05) is 23.6 Å². The zero-order chi connectivity index (χ0) is 19.6. The Morgan fingerprint density at radius 2 is 1.66 bits per heavy atom. The molecule has 0 spiro atoms. The molecule has 0 unspecified atom stereocenters. The maximum Gasteiger partial charge on any atom is 0.247 e. The van der Waals surface area contributed by atoms with Crippen LogP contribution in [0.2, 0.25) is 0 Å². The van der Waals surface area contributed by atoms with Gasteiger partial charge in [-0.15, -0.1) is 0 Å². The lowest BCUT2D eigenvalue weighted by molar-refractivity contribution is -0.119. The third-order valence-corrected chi connectivity index (χ3v) is 5.17. The highest BCUT2D eigenvalue weighted by molar-refractivity contribution is 5.94. The summed E-state index contributed by atoms with van der Waals surface area (Å²) in [5.74, 6) is 0.0310. The minimum atomic E-state index is 0.0310. The standard InChI is InChI=1S/C24H20N4O/c29-24(18-26-15-13-19-8-4-5-11-22(19)26)28(20-9-2-1-3-10-20)17-21-16-25-23-12-6-7-14-27(21)23/h1-16H,17-18H2. The van der Waals surface area contributed by atoms with Crippen molar-refractivity contribution in [1.29, 1.82) is 0 Å². The minimum absolute atomic E-state index is 0.0310. The fourth-order valence-electron chi connectivity index (χ4n) is 3.70. The van der Waals surface area contributed by atoms with Gasteiger partial charge in [0.1, 0.15) is 12.2 Å². The molecule has 0 atom stereocenters. The molecule has 0 N–H and O–H groups in total. The van der Waals surface area contributed by atoms with Crippen LogP contribution in [0.1, 0.15) is 5.69 Å². The van der Waals surface area contributed by atoms with E-state index < -0.39 is 0 Å². The second kappa shape index (κ2) is 7.28. The van der Waals surface area contributed by atoms with E-state index in [9.17, 15) is 4.79 Å². The van der Waals surface area contributed by atoms with Crippen LogP contribution in [0.25, 0.3) is 16.6 Å². The number of carbonyl (C=O) groups is 1. The van der Waals surface area contributed by atoms with E-state index in [4.69, 9.17) is 0 Å².